The Bertz CT molecular complexity index is 374. The molecular formula is C9H9F5N2. The van der Waals surface area contributed by atoms with Crippen LogP contribution in [0.3, 0.4) is 0 Å². The van der Waals surface area contributed by atoms with Crippen molar-refractivity contribution in [1.29, 1.82) is 0 Å². The fourth-order valence-electron chi connectivity index (χ4n) is 1.10. The molecule has 0 bridgehead atoms. The fourth-order valence-corrected chi connectivity index (χ4v) is 1.10. The standard InChI is InChI=1S/C9H9F5N2/c1-5-3-2-4-6(16-5)7(15)8(10,11)9(12,13)14/h2-4,7H,15H2,1H3/t7-/m1/s1. The summed E-state index contributed by atoms with van der Waals surface area (Å²) in [7, 11) is 0. The molecule has 2 N–H and O–H groups in total. The highest BCUT2D eigenvalue weighted by atomic mass is 19.4. The third-order valence-corrected chi connectivity index (χ3v) is 2.00. The van der Waals surface area contributed by atoms with Gasteiger partial charge in [0.1, 0.15) is 6.04 Å². The van der Waals surface area contributed by atoms with Crippen molar-refractivity contribution in [3.63, 3.8) is 0 Å². The summed E-state index contributed by atoms with van der Waals surface area (Å²) < 4.78 is 61.7. The van der Waals surface area contributed by atoms with Crippen LogP contribution in [-0.4, -0.2) is 17.1 Å². The first-order valence-corrected chi connectivity index (χ1v) is 4.30. The number of aryl methyl sites for hydroxylation is 1. The largest absolute Gasteiger partial charge is 0.455 e. The molecule has 0 spiro atoms. The Morgan fingerprint density at radius 1 is 1.19 bits per heavy atom. The van der Waals surface area contributed by atoms with Crippen LogP contribution in [0.4, 0.5) is 22.0 Å². The first kappa shape index (κ1) is 12.8. The van der Waals surface area contributed by atoms with Gasteiger partial charge in [0.05, 0.1) is 5.69 Å². The van der Waals surface area contributed by atoms with Gasteiger partial charge in [0.2, 0.25) is 0 Å². The van der Waals surface area contributed by atoms with Crippen molar-refractivity contribution in [3.8, 4) is 0 Å². The van der Waals surface area contributed by atoms with E-state index in [1.54, 1.807) is 0 Å². The monoisotopic (exact) mass is 240 g/mol. The van der Waals surface area contributed by atoms with Crippen molar-refractivity contribution in [2.45, 2.75) is 25.1 Å². The second-order valence-corrected chi connectivity index (χ2v) is 3.30. The van der Waals surface area contributed by atoms with Crippen molar-refractivity contribution in [1.82, 2.24) is 4.98 Å². The number of hydrogen-bond acceptors (Lipinski definition) is 2. The molecule has 0 aliphatic rings. The number of nitrogens with two attached hydrogens (primary N) is 1. The van der Waals surface area contributed by atoms with E-state index < -0.39 is 23.8 Å². The molecule has 0 saturated carbocycles. The molecular weight excluding hydrogens is 231 g/mol. The molecule has 16 heavy (non-hydrogen) atoms. The Morgan fingerprint density at radius 3 is 2.19 bits per heavy atom. The lowest BCUT2D eigenvalue weighted by Gasteiger charge is -2.25. The smallest absolute Gasteiger partial charge is 0.317 e. The molecule has 0 fully saturated rings. The number of pyridine rings is 1. The Morgan fingerprint density at radius 2 is 1.75 bits per heavy atom. The lowest BCUT2D eigenvalue weighted by molar-refractivity contribution is -0.291. The van der Waals surface area contributed by atoms with Crippen LogP contribution in [0, 0.1) is 6.92 Å². The maximum Gasteiger partial charge on any atom is 0.455 e. The predicted octanol–water partition coefficient (Wildman–Crippen LogP) is 2.59. The van der Waals surface area contributed by atoms with Gasteiger partial charge in [-0.2, -0.15) is 22.0 Å². The third-order valence-electron chi connectivity index (χ3n) is 2.00. The molecule has 7 heteroatoms. The minimum absolute atomic E-state index is 0.325. The van der Waals surface area contributed by atoms with E-state index in [2.05, 4.69) is 4.98 Å². The van der Waals surface area contributed by atoms with Crippen molar-refractivity contribution >= 4 is 0 Å². The van der Waals surface area contributed by atoms with Crippen LogP contribution in [0.25, 0.3) is 0 Å². The van der Waals surface area contributed by atoms with Gasteiger partial charge in [-0.1, -0.05) is 6.07 Å². The number of nitrogens with zero attached hydrogens (tertiary/aromatic N) is 1. The van der Waals surface area contributed by atoms with Gasteiger partial charge in [-0.3, -0.25) is 4.98 Å². The highest BCUT2D eigenvalue weighted by Crippen LogP contribution is 2.42. The first-order chi connectivity index (χ1) is 7.16. The zero-order valence-corrected chi connectivity index (χ0v) is 8.22. The van der Waals surface area contributed by atoms with Crippen LogP contribution >= 0.6 is 0 Å². The fraction of sp³-hybridized carbons (Fsp3) is 0.444. The molecule has 1 rings (SSSR count). The van der Waals surface area contributed by atoms with Crippen molar-refractivity contribution in [2.24, 2.45) is 5.73 Å². The van der Waals surface area contributed by atoms with Gasteiger partial charge < -0.3 is 5.73 Å². The minimum Gasteiger partial charge on any atom is -0.317 e. The summed E-state index contributed by atoms with van der Waals surface area (Å²) in [6.07, 6.45) is -5.68. The average molecular weight is 240 g/mol. The summed E-state index contributed by atoms with van der Waals surface area (Å²) in [5, 5.41) is 0. The summed E-state index contributed by atoms with van der Waals surface area (Å²) in [5.41, 5.74) is 4.74. The molecule has 0 amide bonds. The lowest BCUT2D eigenvalue weighted by atomic mass is 10.1. The number of hydrogen-bond donors (Lipinski definition) is 1. The zero-order chi connectivity index (χ0) is 12.6. The first-order valence-electron chi connectivity index (χ1n) is 4.30. The minimum atomic E-state index is -5.68. The summed E-state index contributed by atoms with van der Waals surface area (Å²) in [6, 6.07) is 1.34. The second-order valence-electron chi connectivity index (χ2n) is 3.30. The van der Waals surface area contributed by atoms with Crippen LogP contribution < -0.4 is 5.73 Å². The van der Waals surface area contributed by atoms with Crippen molar-refractivity contribution in [3.05, 3.63) is 29.6 Å². The normalized spacial score (nSPS) is 14.9. The average Bonchev–Trinajstić information content (AvgIpc) is 2.14. The van der Waals surface area contributed by atoms with Crippen molar-refractivity contribution < 1.29 is 22.0 Å². The van der Waals surface area contributed by atoms with Gasteiger partial charge in [-0.05, 0) is 19.1 Å². The number of aromatic nitrogens is 1. The Balaban J connectivity index is 3.07. The molecule has 90 valence electrons. The molecule has 0 aliphatic carbocycles. The molecule has 0 aromatic carbocycles. The van der Waals surface area contributed by atoms with Crippen LogP contribution in [0.5, 0.6) is 0 Å². The molecule has 0 radical (unpaired) electrons. The molecule has 1 heterocycles. The number of alkyl halides is 5. The quantitative estimate of drug-likeness (QED) is 0.807. The van der Waals surface area contributed by atoms with Gasteiger partial charge in [0.25, 0.3) is 0 Å². The Labute approximate surface area is 88.3 Å². The molecule has 0 saturated heterocycles. The van der Waals surface area contributed by atoms with E-state index in [0.29, 0.717) is 5.69 Å². The second kappa shape index (κ2) is 3.97. The van der Waals surface area contributed by atoms with E-state index in [4.69, 9.17) is 5.73 Å². The van der Waals surface area contributed by atoms with Crippen LogP contribution in [0.2, 0.25) is 0 Å². The predicted molar refractivity (Wildman–Crippen MR) is 46.9 cm³/mol. The van der Waals surface area contributed by atoms with Crippen LogP contribution in [0.1, 0.15) is 17.4 Å². The van der Waals surface area contributed by atoms with Gasteiger partial charge in [0.15, 0.2) is 0 Å². The number of halogens is 5. The highest BCUT2D eigenvalue weighted by molar-refractivity contribution is 5.16. The van der Waals surface area contributed by atoms with Crippen LogP contribution in [0.15, 0.2) is 18.2 Å². The van der Waals surface area contributed by atoms with E-state index in [1.165, 1.54) is 19.1 Å². The Hall–Kier alpha value is -1.24. The summed E-state index contributed by atoms with van der Waals surface area (Å²) >= 11 is 0. The molecule has 0 aliphatic heterocycles. The Kier molecular flexibility index (Phi) is 3.18. The van der Waals surface area contributed by atoms with E-state index in [1.807, 2.05) is 0 Å². The van der Waals surface area contributed by atoms with E-state index >= 15 is 0 Å². The van der Waals surface area contributed by atoms with E-state index in [9.17, 15) is 22.0 Å². The summed E-state index contributed by atoms with van der Waals surface area (Å²) in [5.74, 6) is -4.99. The summed E-state index contributed by atoms with van der Waals surface area (Å²) in [6.45, 7) is 1.47. The topological polar surface area (TPSA) is 38.9 Å². The highest BCUT2D eigenvalue weighted by Gasteiger charge is 2.62. The number of rotatable bonds is 2. The van der Waals surface area contributed by atoms with Gasteiger partial charge >= 0.3 is 12.1 Å². The van der Waals surface area contributed by atoms with Crippen LogP contribution in [-0.2, 0) is 0 Å². The van der Waals surface area contributed by atoms with Gasteiger partial charge in [0, 0.05) is 5.69 Å². The molecule has 0 unspecified atom stereocenters. The van der Waals surface area contributed by atoms with Gasteiger partial charge in [-0.15, -0.1) is 0 Å². The van der Waals surface area contributed by atoms with E-state index in [-0.39, 0.29) is 0 Å². The maximum atomic E-state index is 12.9. The lowest BCUT2D eigenvalue weighted by Crippen LogP contribution is -2.46. The van der Waals surface area contributed by atoms with Gasteiger partial charge in [-0.25, -0.2) is 0 Å². The molecule has 2 nitrogen and oxygen atoms in total. The van der Waals surface area contributed by atoms with Crippen molar-refractivity contribution in [2.75, 3.05) is 0 Å². The third kappa shape index (κ3) is 2.29. The SMILES string of the molecule is Cc1cccc([C@@H](N)C(F)(F)C(F)(F)F)n1. The van der Waals surface area contributed by atoms with E-state index in [0.717, 1.165) is 6.07 Å². The molecule has 1 aromatic rings. The molecule has 1 atom stereocenters. The zero-order valence-electron chi connectivity index (χ0n) is 8.22. The maximum absolute atomic E-state index is 12.9. The summed E-state index contributed by atoms with van der Waals surface area (Å²) in [4.78, 5) is 3.55. The molecule has 1 aromatic heterocycles.